The van der Waals surface area contributed by atoms with Gasteiger partial charge in [0, 0.05) is 30.6 Å². The number of aryl methyl sites for hydroxylation is 1. The lowest BCUT2D eigenvalue weighted by Gasteiger charge is -2.02. The zero-order chi connectivity index (χ0) is 15.9. The lowest BCUT2D eigenvalue weighted by molar-refractivity contribution is 0.0491. The molecule has 0 atom stereocenters. The number of rotatable bonds is 6. The van der Waals surface area contributed by atoms with Gasteiger partial charge in [0.25, 0.3) is 0 Å². The summed E-state index contributed by atoms with van der Waals surface area (Å²) in [4.78, 5) is 23.9. The van der Waals surface area contributed by atoms with Crippen molar-refractivity contribution < 1.29 is 14.1 Å². The Morgan fingerprint density at radius 2 is 2.13 bits per heavy atom. The quantitative estimate of drug-likeness (QED) is 0.509. The molecule has 0 bridgehead atoms. The van der Waals surface area contributed by atoms with Crippen LogP contribution < -0.4 is 0 Å². The highest BCUT2D eigenvalue weighted by Crippen LogP contribution is 2.14. The molecule has 0 N–H and O–H groups in total. The summed E-state index contributed by atoms with van der Waals surface area (Å²) < 4.78 is 10.3. The molecule has 0 fully saturated rings. The van der Waals surface area contributed by atoms with E-state index in [1.54, 1.807) is 36.8 Å². The second-order valence-corrected chi connectivity index (χ2v) is 4.71. The molecular formula is C16H14N4O3. The minimum absolute atomic E-state index is 0.264. The van der Waals surface area contributed by atoms with Crippen molar-refractivity contribution in [3.8, 4) is 11.4 Å². The van der Waals surface area contributed by atoms with Gasteiger partial charge >= 0.3 is 5.97 Å². The van der Waals surface area contributed by atoms with Crippen molar-refractivity contribution in [2.45, 2.75) is 12.8 Å². The minimum atomic E-state index is -0.438. The van der Waals surface area contributed by atoms with E-state index in [2.05, 4.69) is 20.1 Å². The smallest absolute Gasteiger partial charge is 0.356 e. The summed E-state index contributed by atoms with van der Waals surface area (Å²) in [6, 6.07) is 8.76. The fourth-order valence-corrected chi connectivity index (χ4v) is 1.91. The van der Waals surface area contributed by atoms with Crippen LogP contribution in [0.3, 0.4) is 0 Å². The molecule has 0 aliphatic carbocycles. The van der Waals surface area contributed by atoms with Crippen molar-refractivity contribution in [1.82, 2.24) is 20.1 Å². The summed E-state index contributed by atoms with van der Waals surface area (Å²) in [7, 11) is 0. The molecule has 0 amide bonds. The molecule has 7 nitrogen and oxygen atoms in total. The van der Waals surface area contributed by atoms with E-state index in [0.717, 1.165) is 5.56 Å². The second-order valence-electron chi connectivity index (χ2n) is 4.71. The van der Waals surface area contributed by atoms with E-state index in [1.807, 2.05) is 12.1 Å². The summed E-state index contributed by atoms with van der Waals surface area (Å²) in [5.41, 5.74) is 1.09. The highest BCUT2D eigenvalue weighted by atomic mass is 16.5. The zero-order valence-electron chi connectivity index (χ0n) is 12.3. The number of hydrogen-bond donors (Lipinski definition) is 0. The van der Waals surface area contributed by atoms with Crippen molar-refractivity contribution in [1.29, 1.82) is 0 Å². The van der Waals surface area contributed by atoms with Crippen LogP contribution in [0, 0.1) is 0 Å². The monoisotopic (exact) mass is 310 g/mol. The molecule has 0 aromatic carbocycles. The third-order valence-corrected chi connectivity index (χ3v) is 3.03. The summed E-state index contributed by atoms with van der Waals surface area (Å²) in [6.07, 6.45) is 6.02. The van der Waals surface area contributed by atoms with Gasteiger partial charge in [-0.1, -0.05) is 11.2 Å². The number of hydrogen-bond acceptors (Lipinski definition) is 7. The number of aromatic nitrogens is 4. The van der Waals surface area contributed by atoms with E-state index in [-0.39, 0.29) is 6.61 Å². The first-order valence-electron chi connectivity index (χ1n) is 7.14. The van der Waals surface area contributed by atoms with E-state index in [4.69, 9.17) is 9.26 Å². The Kier molecular flexibility index (Phi) is 4.68. The van der Waals surface area contributed by atoms with Gasteiger partial charge in [-0.2, -0.15) is 4.98 Å². The number of nitrogens with zero attached hydrogens (tertiary/aromatic N) is 4. The molecule has 116 valence electrons. The van der Waals surface area contributed by atoms with E-state index >= 15 is 0 Å². The van der Waals surface area contributed by atoms with Gasteiger partial charge in [-0.3, -0.25) is 4.98 Å². The predicted molar refractivity (Wildman–Crippen MR) is 80.4 cm³/mol. The highest BCUT2D eigenvalue weighted by molar-refractivity contribution is 5.87. The first-order valence-corrected chi connectivity index (χ1v) is 7.14. The van der Waals surface area contributed by atoms with Gasteiger partial charge in [-0.05, 0) is 30.7 Å². The summed E-state index contributed by atoms with van der Waals surface area (Å²) in [6.45, 7) is 0.264. The van der Waals surface area contributed by atoms with Crippen LogP contribution >= 0.6 is 0 Å². The predicted octanol–water partition coefficient (Wildman–Crippen LogP) is 2.32. The Balaban J connectivity index is 1.46. The van der Waals surface area contributed by atoms with Gasteiger partial charge in [-0.25, -0.2) is 9.78 Å². The summed E-state index contributed by atoms with van der Waals surface area (Å²) in [5.74, 6) is 0.559. The summed E-state index contributed by atoms with van der Waals surface area (Å²) in [5, 5.41) is 3.90. The minimum Gasteiger partial charge on any atom is -0.461 e. The van der Waals surface area contributed by atoms with Crippen LogP contribution in [-0.2, 0) is 11.2 Å². The molecule has 0 aliphatic heterocycles. The molecule has 0 unspecified atom stereocenters. The average molecular weight is 310 g/mol. The van der Waals surface area contributed by atoms with Crippen LogP contribution in [0.15, 0.2) is 53.4 Å². The molecule has 0 aliphatic rings. The Labute approximate surface area is 132 Å². The number of esters is 1. The fraction of sp³-hybridized carbons (Fsp3) is 0.188. The number of carbonyl (C=O) groups is 1. The molecular weight excluding hydrogens is 296 g/mol. The van der Waals surface area contributed by atoms with Crippen LogP contribution in [0.5, 0.6) is 0 Å². The Morgan fingerprint density at radius 1 is 1.17 bits per heavy atom. The normalized spacial score (nSPS) is 10.4. The number of carbonyl (C=O) groups excluding carboxylic acids is 1. The molecule has 7 heteroatoms. The zero-order valence-corrected chi connectivity index (χ0v) is 12.3. The molecule has 0 saturated heterocycles. The molecule has 0 spiro atoms. The first-order chi connectivity index (χ1) is 11.3. The molecule has 0 saturated carbocycles. The lowest BCUT2D eigenvalue weighted by Crippen LogP contribution is -2.08. The Bertz CT molecular complexity index is 759. The second kappa shape index (κ2) is 7.26. The first kappa shape index (κ1) is 14.8. The standard InChI is InChI=1S/C16H14N4O3/c21-16(13-6-1-2-9-18-13)22-10-4-7-14-19-15(20-23-14)12-5-3-8-17-11-12/h1-3,5-6,8-9,11H,4,7,10H2. The van der Waals surface area contributed by atoms with E-state index in [0.29, 0.717) is 30.3 Å². The van der Waals surface area contributed by atoms with Gasteiger partial charge < -0.3 is 9.26 Å². The molecule has 3 rings (SSSR count). The van der Waals surface area contributed by atoms with Gasteiger partial charge in [0.2, 0.25) is 11.7 Å². The third kappa shape index (κ3) is 3.97. The molecule has 0 radical (unpaired) electrons. The van der Waals surface area contributed by atoms with Crippen molar-refractivity contribution in [3.05, 3.63) is 60.5 Å². The van der Waals surface area contributed by atoms with E-state index < -0.39 is 5.97 Å². The SMILES string of the molecule is O=C(OCCCc1nc(-c2cccnc2)no1)c1ccccn1. The maximum absolute atomic E-state index is 11.7. The van der Waals surface area contributed by atoms with Crippen LogP contribution in [0.2, 0.25) is 0 Å². The molecule has 3 aromatic rings. The number of pyridine rings is 2. The maximum atomic E-state index is 11.7. The van der Waals surface area contributed by atoms with Crippen molar-refractivity contribution in [3.63, 3.8) is 0 Å². The van der Waals surface area contributed by atoms with Gasteiger partial charge in [-0.15, -0.1) is 0 Å². The molecule has 23 heavy (non-hydrogen) atoms. The van der Waals surface area contributed by atoms with Crippen molar-refractivity contribution in [2.24, 2.45) is 0 Å². The van der Waals surface area contributed by atoms with Crippen LogP contribution in [0.1, 0.15) is 22.8 Å². The fourth-order valence-electron chi connectivity index (χ4n) is 1.91. The molecule has 3 heterocycles. The van der Waals surface area contributed by atoms with Gasteiger partial charge in [0.05, 0.1) is 6.61 Å². The van der Waals surface area contributed by atoms with E-state index in [1.165, 1.54) is 0 Å². The van der Waals surface area contributed by atoms with E-state index in [9.17, 15) is 4.79 Å². The van der Waals surface area contributed by atoms with Gasteiger partial charge in [0.1, 0.15) is 5.69 Å². The van der Waals surface area contributed by atoms with Crippen molar-refractivity contribution in [2.75, 3.05) is 6.61 Å². The lowest BCUT2D eigenvalue weighted by atomic mass is 10.3. The number of ether oxygens (including phenoxy) is 1. The van der Waals surface area contributed by atoms with Crippen LogP contribution in [0.25, 0.3) is 11.4 Å². The Morgan fingerprint density at radius 3 is 2.91 bits per heavy atom. The Hall–Kier alpha value is -3.09. The highest BCUT2D eigenvalue weighted by Gasteiger charge is 2.10. The topological polar surface area (TPSA) is 91.0 Å². The largest absolute Gasteiger partial charge is 0.461 e. The average Bonchev–Trinajstić information content (AvgIpc) is 3.09. The molecule has 3 aromatic heterocycles. The summed E-state index contributed by atoms with van der Waals surface area (Å²) >= 11 is 0. The third-order valence-electron chi connectivity index (χ3n) is 3.03. The van der Waals surface area contributed by atoms with Crippen molar-refractivity contribution >= 4 is 5.97 Å². The van der Waals surface area contributed by atoms with Crippen LogP contribution in [0.4, 0.5) is 0 Å². The maximum Gasteiger partial charge on any atom is 0.356 e. The van der Waals surface area contributed by atoms with Gasteiger partial charge in [0.15, 0.2) is 0 Å². The van der Waals surface area contributed by atoms with Crippen LogP contribution in [-0.4, -0.2) is 32.7 Å².